The Balaban J connectivity index is 1.60. The summed E-state index contributed by atoms with van der Waals surface area (Å²) in [6, 6.07) is 5.18. The van der Waals surface area contributed by atoms with E-state index in [1.54, 1.807) is 6.07 Å². The van der Waals surface area contributed by atoms with Crippen LogP contribution in [0.3, 0.4) is 0 Å². The first kappa shape index (κ1) is 20.4. The van der Waals surface area contributed by atoms with Crippen LogP contribution in [0.1, 0.15) is 30.9 Å². The zero-order valence-corrected chi connectivity index (χ0v) is 16.8. The van der Waals surface area contributed by atoms with Crippen molar-refractivity contribution >= 4 is 29.0 Å². The van der Waals surface area contributed by atoms with E-state index in [4.69, 9.17) is 11.0 Å². The molecule has 0 radical (unpaired) electrons. The molecule has 0 unspecified atom stereocenters. The number of benzene rings is 1. The molecule has 30 heavy (non-hydrogen) atoms. The maximum atomic E-state index is 13.4. The highest BCUT2D eigenvalue weighted by molar-refractivity contribution is 7.99. The number of nitrogens with two attached hydrogens (primary N) is 1. The number of imidazole rings is 1. The number of anilines is 1. The molecular formula is C19H18F3N7S. The van der Waals surface area contributed by atoms with Gasteiger partial charge in [0.25, 0.3) is 0 Å². The van der Waals surface area contributed by atoms with Gasteiger partial charge in [-0.1, -0.05) is 11.8 Å². The molecule has 3 N–H and O–H groups in total. The van der Waals surface area contributed by atoms with Gasteiger partial charge in [0.15, 0.2) is 11.3 Å². The second-order valence-corrected chi connectivity index (χ2v) is 8.57. The van der Waals surface area contributed by atoms with Gasteiger partial charge in [0.1, 0.15) is 5.03 Å². The van der Waals surface area contributed by atoms with E-state index in [0.717, 1.165) is 43.8 Å². The molecule has 0 aliphatic carbocycles. The minimum Gasteiger partial charge on any atom is -0.342 e. The lowest BCUT2D eigenvalue weighted by Gasteiger charge is -2.36. The quantitative estimate of drug-likeness (QED) is 0.648. The molecule has 0 saturated carbocycles. The molecule has 3 heterocycles. The molecule has 0 bridgehead atoms. The molecule has 7 nitrogen and oxygen atoms in total. The van der Waals surface area contributed by atoms with Crippen molar-refractivity contribution in [3.63, 3.8) is 0 Å². The smallest absolute Gasteiger partial charge is 0.342 e. The van der Waals surface area contributed by atoms with E-state index in [0.29, 0.717) is 17.2 Å². The summed E-state index contributed by atoms with van der Waals surface area (Å²) in [5.41, 5.74) is 5.83. The molecule has 3 aromatic rings. The summed E-state index contributed by atoms with van der Waals surface area (Å²) < 4.78 is 40.2. The van der Waals surface area contributed by atoms with Crippen molar-refractivity contribution in [3.05, 3.63) is 35.5 Å². The molecule has 0 spiro atoms. The van der Waals surface area contributed by atoms with Gasteiger partial charge in [0.2, 0.25) is 5.95 Å². The molecule has 1 saturated heterocycles. The highest BCUT2D eigenvalue weighted by Gasteiger charge is 2.34. The molecule has 156 valence electrons. The van der Waals surface area contributed by atoms with Gasteiger partial charge in [-0.3, -0.25) is 0 Å². The number of hydrogen-bond donors (Lipinski definition) is 2. The SMILES string of the molecule is CC1(N)CCN(c2nc3nc(Sc4ccc(C#N)cc4C(F)(F)F)cnc3[nH]2)CC1. The van der Waals surface area contributed by atoms with E-state index < -0.39 is 11.7 Å². The monoisotopic (exact) mass is 433 g/mol. The van der Waals surface area contributed by atoms with Gasteiger partial charge in [0.05, 0.1) is 23.4 Å². The van der Waals surface area contributed by atoms with Crippen LogP contribution in [-0.4, -0.2) is 38.6 Å². The van der Waals surface area contributed by atoms with Crippen LogP contribution in [0, 0.1) is 11.3 Å². The zero-order chi connectivity index (χ0) is 21.5. The highest BCUT2D eigenvalue weighted by atomic mass is 32.2. The van der Waals surface area contributed by atoms with Gasteiger partial charge in [0, 0.05) is 23.5 Å². The van der Waals surface area contributed by atoms with Crippen molar-refractivity contribution in [1.29, 1.82) is 5.26 Å². The number of hydrogen-bond acceptors (Lipinski definition) is 7. The van der Waals surface area contributed by atoms with Gasteiger partial charge < -0.3 is 15.6 Å². The fourth-order valence-electron chi connectivity index (χ4n) is 3.21. The summed E-state index contributed by atoms with van der Waals surface area (Å²) in [5.74, 6) is 0.622. The molecule has 1 aliphatic rings. The number of aromatic amines is 1. The molecular weight excluding hydrogens is 415 g/mol. The number of halogens is 3. The number of nitrogens with zero attached hydrogens (tertiary/aromatic N) is 5. The second kappa shape index (κ2) is 7.45. The predicted molar refractivity (Wildman–Crippen MR) is 106 cm³/mol. The lowest BCUT2D eigenvalue weighted by molar-refractivity contribution is -0.139. The van der Waals surface area contributed by atoms with Gasteiger partial charge in [-0.25, -0.2) is 9.97 Å². The topological polar surface area (TPSA) is 108 Å². The van der Waals surface area contributed by atoms with E-state index in [2.05, 4.69) is 24.8 Å². The molecule has 0 amide bonds. The van der Waals surface area contributed by atoms with Crippen LogP contribution in [0.4, 0.5) is 19.1 Å². The van der Waals surface area contributed by atoms with Crippen molar-refractivity contribution in [2.75, 3.05) is 18.0 Å². The van der Waals surface area contributed by atoms with Gasteiger partial charge in [-0.05, 0) is 38.0 Å². The van der Waals surface area contributed by atoms with Crippen LogP contribution in [0.25, 0.3) is 11.3 Å². The Morgan fingerprint density at radius 1 is 1.27 bits per heavy atom. The summed E-state index contributed by atoms with van der Waals surface area (Å²) in [6.45, 7) is 3.51. The maximum Gasteiger partial charge on any atom is 0.417 e. The number of rotatable bonds is 3. The summed E-state index contributed by atoms with van der Waals surface area (Å²) in [6.07, 6.45) is -1.53. The average molecular weight is 433 g/mol. The van der Waals surface area contributed by atoms with E-state index in [-0.39, 0.29) is 21.0 Å². The first-order chi connectivity index (χ1) is 14.1. The number of fused-ring (bicyclic) bond motifs is 1. The fraction of sp³-hybridized carbons (Fsp3) is 0.368. The van der Waals surface area contributed by atoms with Gasteiger partial charge >= 0.3 is 6.18 Å². The van der Waals surface area contributed by atoms with E-state index in [1.807, 2.05) is 6.92 Å². The molecule has 1 fully saturated rings. The van der Waals surface area contributed by atoms with Crippen LogP contribution >= 0.6 is 11.8 Å². The standard InChI is InChI=1S/C19H18F3N7S/c1-18(24)4-6-29(7-5-18)17-27-15-16(28-17)26-14(10-25-15)30-13-3-2-11(9-23)8-12(13)19(20,21)22/h2-3,8,10H,4-7,24H2,1H3,(H,25,26,27,28). The van der Waals surface area contributed by atoms with Crippen molar-refractivity contribution < 1.29 is 13.2 Å². The van der Waals surface area contributed by atoms with Crippen molar-refractivity contribution in [3.8, 4) is 6.07 Å². The maximum absolute atomic E-state index is 13.4. The first-order valence-corrected chi connectivity index (χ1v) is 10.0. The lowest BCUT2D eigenvalue weighted by Crippen LogP contribution is -2.48. The third-order valence-electron chi connectivity index (χ3n) is 5.01. The molecule has 0 atom stereocenters. The van der Waals surface area contributed by atoms with Crippen molar-refractivity contribution in [2.45, 2.75) is 41.4 Å². The number of nitriles is 1. The summed E-state index contributed by atoms with van der Waals surface area (Å²) in [4.78, 5) is 18.2. The Kier molecular flexibility index (Phi) is 5.07. The van der Waals surface area contributed by atoms with Crippen LogP contribution in [0.2, 0.25) is 0 Å². The number of nitrogens with one attached hydrogen (secondary N) is 1. The summed E-state index contributed by atoms with van der Waals surface area (Å²) >= 11 is 0.833. The van der Waals surface area contributed by atoms with Gasteiger partial charge in [-0.2, -0.15) is 23.4 Å². The molecule has 1 aliphatic heterocycles. The highest BCUT2D eigenvalue weighted by Crippen LogP contribution is 2.39. The summed E-state index contributed by atoms with van der Waals surface area (Å²) in [5, 5.41) is 9.18. The fourth-order valence-corrected chi connectivity index (χ4v) is 4.10. The van der Waals surface area contributed by atoms with E-state index in [9.17, 15) is 13.2 Å². The second-order valence-electron chi connectivity index (χ2n) is 7.50. The molecule has 2 aromatic heterocycles. The van der Waals surface area contributed by atoms with Gasteiger partial charge in [-0.15, -0.1) is 0 Å². The number of H-pyrrole nitrogens is 1. The van der Waals surface area contributed by atoms with Crippen molar-refractivity contribution in [1.82, 2.24) is 19.9 Å². The number of aromatic nitrogens is 4. The minimum absolute atomic E-state index is 0.0517. The Morgan fingerprint density at radius 3 is 2.67 bits per heavy atom. The van der Waals surface area contributed by atoms with Crippen LogP contribution in [0.15, 0.2) is 34.3 Å². The predicted octanol–water partition coefficient (Wildman–Crippen LogP) is 3.71. The largest absolute Gasteiger partial charge is 0.417 e. The third kappa shape index (κ3) is 4.20. The lowest BCUT2D eigenvalue weighted by atomic mass is 9.91. The summed E-state index contributed by atoms with van der Waals surface area (Å²) in [7, 11) is 0. The molecule has 1 aromatic carbocycles. The Morgan fingerprint density at radius 2 is 2.00 bits per heavy atom. The number of piperidine rings is 1. The Hall–Kier alpha value is -2.84. The Bertz CT molecular complexity index is 1120. The third-order valence-corrected chi connectivity index (χ3v) is 5.99. The van der Waals surface area contributed by atoms with Crippen LogP contribution in [0.5, 0.6) is 0 Å². The first-order valence-electron chi connectivity index (χ1n) is 9.20. The number of alkyl halides is 3. The normalized spacial score (nSPS) is 16.6. The molecule has 11 heteroatoms. The molecule has 4 rings (SSSR count). The van der Waals surface area contributed by atoms with Crippen LogP contribution in [-0.2, 0) is 6.18 Å². The zero-order valence-electron chi connectivity index (χ0n) is 16.0. The van der Waals surface area contributed by atoms with E-state index in [1.165, 1.54) is 18.3 Å². The average Bonchev–Trinajstić information content (AvgIpc) is 3.10. The Labute approximate surface area is 174 Å². The minimum atomic E-state index is -4.59. The van der Waals surface area contributed by atoms with Crippen LogP contribution < -0.4 is 10.6 Å². The van der Waals surface area contributed by atoms with Crippen molar-refractivity contribution in [2.24, 2.45) is 5.73 Å². The van der Waals surface area contributed by atoms with E-state index >= 15 is 0 Å².